The molecule has 2 saturated carbocycles. The van der Waals surface area contributed by atoms with Crippen LogP contribution >= 0.6 is 0 Å². The van der Waals surface area contributed by atoms with E-state index in [2.05, 4.69) is 10.6 Å². The average Bonchev–Trinajstić information content (AvgIpc) is 2.71. The summed E-state index contributed by atoms with van der Waals surface area (Å²) in [5.41, 5.74) is -0.409. The zero-order valence-electron chi connectivity index (χ0n) is 12.5. The Morgan fingerprint density at radius 3 is 2.37 bits per heavy atom. The van der Waals surface area contributed by atoms with Gasteiger partial charge < -0.3 is 15.4 Å². The Labute approximate surface area is 116 Å². The average molecular weight is 268 g/mol. The summed E-state index contributed by atoms with van der Waals surface area (Å²) in [4.78, 5) is 11.6. The van der Waals surface area contributed by atoms with E-state index in [4.69, 9.17) is 4.74 Å². The number of amides is 1. The Morgan fingerprint density at radius 1 is 1.16 bits per heavy atom. The largest absolute Gasteiger partial charge is 0.444 e. The van der Waals surface area contributed by atoms with Crippen molar-refractivity contribution in [1.82, 2.24) is 10.6 Å². The first kappa shape index (κ1) is 14.6. The van der Waals surface area contributed by atoms with Crippen LogP contribution in [0.25, 0.3) is 0 Å². The first-order valence-electron chi connectivity index (χ1n) is 7.65. The summed E-state index contributed by atoms with van der Waals surface area (Å²) in [6.07, 6.45) is 7.36. The number of nitrogens with one attached hydrogen (secondary N) is 2. The fraction of sp³-hybridized carbons (Fsp3) is 0.933. The first-order valence-corrected chi connectivity index (χ1v) is 7.65. The summed E-state index contributed by atoms with van der Waals surface area (Å²) in [6.45, 7) is 6.82. The molecule has 0 aromatic carbocycles. The molecule has 0 spiro atoms. The molecule has 1 amide bonds. The van der Waals surface area contributed by atoms with Crippen LogP contribution in [-0.4, -0.2) is 30.3 Å². The van der Waals surface area contributed by atoms with Crippen LogP contribution < -0.4 is 10.6 Å². The Morgan fingerprint density at radius 2 is 1.79 bits per heavy atom. The molecule has 4 nitrogen and oxygen atoms in total. The second-order valence-corrected chi connectivity index (χ2v) is 7.07. The third-order valence-electron chi connectivity index (χ3n) is 4.03. The van der Waals surface area contributed by atoms with Crippen molar-refractivity contribution in [2.24, 2.45) is 5.92 Å². The molecule has 0 bridgehead atoms. The van der Waals surface area contributed by atoms with Crippen molar-refractivity contribution in [2.75, 3.05) is 6.54 Å². The summed E-state index contributed by atoms with van der Waals surface area (Å²) >= 11 is 0. The molecule has 2 rings (SSSR count). The van der Waals surface area contributed by atoms with Gasteiger partial charge in [0, 0.05) is 12.1 Å². The first-order chi connectivity index (χ1) is 8.92. The molecule has 0 aromatic heterocycles. The van der Waals surface area contributed by atoms with Gasteiger partial charge >= 0.3 is 6.09 Å². The van der Waals surface area contributed by atoms with Gasteiger partial charge in [0.05, 0.1) is 0 Å². The SMILES string of the molecule is CC(C)(C)OC(=O)NC1CC(NCC2CCCC2)C1. The number of carbonyl (C=O) groups is 1. The highest BCUT2D eigenvalue weighted by molar-refractivity contribution is 5.68. The van der Waals surface area contributed by atoms with Crippen molar-refractivity contribution in [3.63, 3.8) is 0 Å². The molecule has 2 fully saturated rings. The maximum Gasteiger partial charge on any atom is 0.407 e. The van der Waals surface area contributed by atoms with E-state index in [0.29, 0.717) is 6.04 Å². The maximum atomic E-state index is 11.6. The van der Waals surface area contributed by atoms with Gasteiger partial charge in [0.1, 0.15) is 5.60 Å². The van der Waals surface area contributed by atoms with E-state index in [1.165, 1.54) is 25.7 Å². The van der Waals surface area contributed by atoms with Gasteiger partial charge in [0.2, 0.25) is 0 Å². The van der Waals surface area contributed by atoms with Crippen LogP contribution in [0.15, 0.2) is 0 Å². The molecule has 2 aliphatic carbocycles. The molecule has 0 aliphatic heterocycles. The highest BCUT2D eigenvalue weighted by Gasteiger charge is 2.31. The lowest BCUT2D eigenvalue weighted by Crippen LogP contribution is -2.53. The molecule has 19 heavy (non-hydrogen) atoms. The van der Waals surface area contributed by atoms with Gasteiger partial charge in [0.15, 0.2) is 0 Å². The molecule has 110 valence electrons. The number of carbonyl (C=O) groups excluding carboxylic acids is 1. The van der Waals surface area contributed by atoms with Gasteiger partial charge in [-0.2, -0.15) is 0 Å². The fourth-order valence-corrected chi connectivity index (χ4v) is 2.92. The number of hydrogen-bond acceptors (Lipinski definition) is 3. The van der Waals surface area contributed by atoms with Gasteiger partial charge in [0.25, 0.3) is 0 Å². The number of alkyl carbamates (subject to hydrolysis) is 1. The third-order valence-corrected chi connectivity index (χ3v) is 4.03. The minimum Gasteiger partial charge on any atom is -0.444 e. The van der Waals surface area contributed by atoms with E-state index in [-0.39, 0.29) is 12.1 Å². The van der Waals surface area contributed by atoms with Gasteiger partial charge in [-0.15, -0.1) is 0 Å². The summed E-state index contributed by atoms with van der Waals surface area (Å²) < 4.78 is 5.25. The van der Waals surface area contributed by atoms with Crippen molar-refractivity contribution >= 4 is 6.09 Å². The number of ether oxygens (including phenoxy) is 1. The van der Waals surface area contributed by atoms with Gasteiger partial charge in [-0.05, 0) is 58.9 Å². The lowest BCUT2D eigenvalue weighted by Gasteiger charge is -2.37. The molecular formula is C15H28N2O2. The Kier molecular flexibility index (Phi) is 4.71. The van der Waals surface area contributed by atoms with E-state index in [9.17, 15) is 4.79 Å². The van der Waals surface area contributed by atoms with E-state index in [1.807, 2.05) is 20.8 Å². The second kappa shape index (κ2) is 6.12. The van der Waals surface area contributed by atoms with Gasteiger partial charge in [-0.25, -0.2) is 4.79 Å². The molecule has 0 radical (unpaired) electrons. The van der Waals surface area contributed by atoms with E-state index in [1.54, 1.807) is 0 Å². The lowest BCUT2D eigenvalue weighted by molar-refractivity contribution is 0.0464. The lowest BCUT2D eigenvalue weighted by atomic mass is 9.86. The molecule has 2 N–H and O–H groups in total. The molecular weight excluding hydrogens is 240 g/mol. The van der Waals surface area contributed by atoms with Crippen LogP contribution in [0.3, 0.4) is 0 Å². The van der Waals surface area contributed by atoms with E-state index in [0.717, 1.165) is 25.3 Å². The van der Waals surface area contributed by atoms with Crippen LogP contribution in [0.2, 0.25) is 0 Å². The van der Waals surface area contributed by atoms with Crippen molar-refractivity contribution in [1.29, 1.82) is 0 Å². The summed E-state index contributed by atoms with van der Waals surface area (Å²) in [5, 5.41) is 6.55. The molecule has 4 heteroatoms. The quantitative estimate of drug-likeness (QED) is 0.824. The van der Waals surface area contributed by atoms with Crippen LogP contribution in [0.4, 0.5) is 4.79 Å². The zero-order valence-corrected chi connectivity index (χ0v) is 12.5. The minimum absolute atomic E-state index is 0.285. The van der Waals surface area contributed by atoms with E-state index < -0.39 is 5.60 Å². The predicted molar refractivity (Wildman–Crippen MR) is 76.1 cm³/mol. The maximum absolute atomic E-state index is 11.6. The molecule has 0 saturated heterocycles. The van der Waals surface area contributed by atoms with E-state index >= 15 is 0 Å². The van der Waals surface area contributed by atoms with Gasteiger partial charge in [-0.3, -0.25) is 0 Å². The second-order valence-electron chi connectivity index (χ2n) is 7.07. The summed E-state index contributed by atoms with van der Waals surface area (Å²) in [7, 11) is 0. The molecule has 0 aromatic rings. The monoisotopic (exact) mass is 268 g/mol. The van der Waals surface area contributed by atoms with Crippen LogP contribution in [-0.2, 0) is 4.74 Å². The molecule has 0 unspecified atom stereocenters. The summed E-state index contributed by atoms with van der Waals surface area (Å²) in [6, 6.07) is 0.872. The van der Waals surface area contributed by atoms with Crippen molar-refractivity contribution < 1.29 is 9.53 Å². The zero-order chi connectivity index (χ0) is 13.9. The van der Waals surface area contributed by atoms with Crippen LogP contribution in [0.1, 0.15) is 59.3 Å². The molecule has 0 heterocycles. The number of hydrogen-bond donors (Lipinski definition) is 2. The third kappa shape index (κ3) is 5.01. The van der Waals surface area contributed by atoms with Crippen molar-refractivity contribution in [3.8, 4) is 0 Å². The van der Waals surface area contributed by atoms with Gasteiger partial charge in [-0.1, -0.05) is 12.8 Å². The van der Waals surface area contributed by atoms with Crippen molar-refractivity contribution in [3.05, 3.63) is 0 Å². The van der Waals surface area contributed by atoms with Crippen LogP contribution in [0.5, 0.6) is 0 Å². The highest BCUT2D eigenvalue weighted by Crippen LogP contribution is 2.26. The molecule has 0 atom stereocenters. The van der Waals surface area contributed by atoms with Crippen LogP contribution in [0, 0.1) is 5.92 Å². The minimum atomic E-state index is -0.409. The highest BCUT2D eigenvalue weighted by atomic mass is 16.6. The van der Waals surface area contributed by atoms with Crippen molar-refractivity contribution in [2.45, 2.75) is 77.0 Å². The normalized spacial score (nSPS) is 27.9. The topological polar surface area (TPSA) is 50.4 Å². The Balaban J connectivity index is 1.54. The predicted octanol–water partition coefficient (Wildman–Crippen LogP) is 2.82. The fourth-order valence-electron chi connectivity index (χ4n) is 2.92. The Bertz CT molecular complexity index is 300. The molecule has 2 aliphatic rings. The standard InChI is InChI=1S/C15H28N2O2/c1-15(2,3)19-14(18)17-13-8-12(9-13)16-10-11-6-4-5-7-11/h11-13,16H,4-10H2,1-3H3,(H,17,18). The Hall–Kier alpha value is -0.770. The number of rotatable bonds is 4. The summed E-state index contributed by atoms with van der Waals surface area (Å²) in [5.74, 6) is 0.887. The smallest absolute Gasteiger partial charge is 0.407 e.